The summed E-state index contributed by atoms with van der Waals surface area (Å²) in [6, 6.07) is 6.36. The SMILES string of the molecule is COc1ccc(OC)c(NC2CCSC2C)c1. The van der Waals surface area contributed by atoms with E-state index in [9.17, 15) is 0 Å². The normalized spacial score (nSPS) is 23.5. The summed E-state index contributed by atoms with van der Waals surface area (Å²) in [7, 11) is 3.37. The fourth-order valence-corrected chi connectivity index (χ4v) is 3.25. The lowest BCUT2D eigenvalue weighted by Gasteiger charge is -2.20. The average molecular weight is 253 g/mol. The summed E-state index contributed by atoms with van der Waals surface area (Å²) in [5.74, 6) is 2.95. The van der Waals surface area contributed by atoms with Crippen molar-refractivity contribution in [3.63, 3.8) is 0 Å². The van der Waals surface area contributed by atoms with Crippen molar-refractivity contribution in [3.8, 4) is 11.5 Å². The number of hydrogen-bond acceptors (Lipinski definition) is 4. The number of ether oxygens (including phenoxy) is 2. The Labute approximate surface area is 107 Å². The Hall–Kier alpha value is -1.03. The highest BCUT2D eigenvalue weighted by molar-refractivity contribution is 8.00. The van der Waals surface area contributed by atoms with Gasteiger partial charge in [0.05, 0.1) is 19.9 Å². The van der Waals surface area contributed by atoms with Gasteiger partial charge in [0.25, 0.3) is 0 Å². The molecule has 4 heteroatoms. The highest BCUT2D eigenvalue weighted by Crippen LogP contribution is 2.34. The lowest BCUT2D eigenvalue weighted by Crippen LogP contribution is -2.24. The van der Waals surface area contributed by atoms with Crippen molar-refractivity contribution >= 4 is 17.4 Å². The summed E-state index contributed by atoms with van der Waals surface area (Å²) >= 11 is 2.01. The first-order chi connectivity index (χ1) is 8.24. The van der Waals surface area contributed by atoms with Crippen molar-refractivity contribution in [1.82, 2.24) is 0 Å². The van der Waals surface area contributed by atoms with Crippen LogP contribution in [0.25, 0.3) is 0 Å². The predicted octanol–water partition coefficient (Wildman–Crippen LogP) is 3.01. The third kappa shape index (κ3) is 2.80. The Morgan fingerprint density at radius 3 is 2.71 bits per heavy atom. The summed E-state index contributed by atoms with van der Waals surface area (Å²) in [5.41, 5.74) is 1.02. The van der Waals surface area contributed by atoms with Gasteiger partial charge in [0, 0.05) is 17.4 Å². The van der Waals surface area contributed by atoms with Crippen LogP contribution >= 0.6 is 11.8 Å². The molecule has 0 saturated carbocycles. The molecule has 0 aliphatic carbocycles. The first-order valence-electron chi connectivity index (χ1n) is 5.84. The molecule has 1 heterocycles. The van der Waals surface area contributed by atoms with Crippen LogP contribution in [0.3, 0.4) is 0 Å². The van der Waals surface area contributed by atoms with Crippen molar-refractivity contribution in [2.75, 3.05) is 25.3 Å². The largest absolute Gasteiger partial charge is 0.497 e. The molecule has 94 valence electrons. The van der Waals surface area contributed by atoms with Crippen molar-refractivity contribution < 1.29 is 9.47 Å². The molecule has 1 aliphatic rings. The second-order valence-electron chi connectivity index (χ2n) is 4.18. The van der Waals surface area contributed by atoms with Gasteiger partial charge in [-0.15, -0.1) is 0 Å². The molecule has 0 aromatic heterocycles. The summed E-state index contributed by atoms with van der Waals surface area (Å²) in [4.78, 5) is 0. The minimum atomic E-state index is 0.515. The van der Waals surface area contributed by atoms with E-state index in [0.29, 0.717) is 11.3 Å². The van der Waals surface area contributed by atoms with Crippen LogP contribution in [0.2, 0.25) is 0 Å². The summed E-state index contributed by atoms with van der Waals surface area (Å²) < 4.78 is 10.6. The summed E-state index contributed by atoms with van der Waals surface area (Å²) in [6.45, 7) is 2.27. The van der Waals surface area contributed by atoms with E-state index in [1.165, 1.54) is 12.2 Å². The van der Waals surface area contributed by atoms with Crippen LogP contribution in [0.1, 0.15) is 13.3 Å². The molecule has 1 aliphatic heterocycles. The molecular weight excluding hydrogens is 234 g/mol. The summed E-state index contributed by atoms with van der Waals surface area (Å²) in [5, 5.41) is 4.20. The van der Waals surface area contributed by atoms with E-state index in [2.05, 4.69) is 12.2 Å². The maximum absolute atomic E-state index is 5.37. The van der Waals surface area contributed by atoms with Gasteiger partial charge in [-0.25, -0.2) is 0 Å². The van der Waals surface area contributed by atoms with Gasteiger partial charge in [-0.3, -0.25) is 0 Å². The quantitative estimate of drug-likeness (QED) is 0.893. The number of rotatable bonds is 4. The van der Waals surface area contributed by atoms with E-state index >= 15 is 0 Å². The summed E-state index contributed by atoms with van der Waals surface area (Å²) in [6.07, 6.45) is 1.20. The number of anilines is 1. The standard InChI is InChI=1S/C13H19NO2S/c1-9-11(6-7-17-9)14-12-8-10(15-2)4-5-13(12)16-3/h4-5,8-9,11,14H,6-7H2,1-3H3. The van der Waals surface area contributed by atoms with Gasteiger partial charge < -0.3 is 14.8 Å². The fraction of sp³-hybridized carbons (Fsp3) is 0.538. The van der Waals surface area contributed by atoms with Crippen molar-refractivity contribution in [1.29, 1.82) is 0 Å². The topological polar surface area (TPSA) is 30.5 Å². The Morgan fingerprint density at radius 2 is 2.12 bits per heavy atom. The minimum absolute atomic E-state index is 0.515. The van der Waals surface area contributed by atoms with Gasteiger partial charge >= 0.3 is 0 Å². The van der Waals surface area contributed by atoms with E-state index in [0.717, 1.165) is 17.2 Å². The Morgan fingerprint density at radius 1 is 1.29 bits per heavy atom. The third-order valence-electron chi connectivity index (χ3n) is 3.12. The van der Waals surface area contributed by atoms with E-state index < -0.39 is 0 Å². The lowest BCUT2D eigenvalue weighted by atomic mass is 10.1. The van der Waals surface area contributed by atoms with Crippen LogP contribution in [-0.4, -0.2) is 31.3 Å². The van der Waals surface area contributed by atoms with Crippen molar-refractivity contribution in [2.24, 2.45) is 0 Å². The molecule has 1 fully saturated rings. The molecule has 0 radical (unpaired) electrons. The number of hydrogen-bond donors (Lipinski definition) is 1. The molecule has 2 rings (SSSR count). The molecule has 0 bridgehead atoms. The molecule has 2 atom stereocenters. The Balaban J connectivity index is 2.17. The molecule has 17 heavy (non-hydrogen) atoms. The maximum atomic E-state index is 5.37. The van der Waals surface area contributed by atoms with E-state index in [4.69, 9.17) is 9.47 Å². The zero-order valence-corrected chi connectivity index (χ0v) is 11.3. The van der Waals surface area contributed by atoms with Crippen molar-refractivity contribution in [2.45, 2.75) is 24.6 Å². The van der Waals surface area contributed by atoms with Gasteiger partial charge in [-0.05, 0) is 24.3 Å². The molecule has 2 unspecified atom stereocenters. The molecule has 1 aromatic rings. The van der Waals surface area contributed by atoms with Crippen molar-refractivity contribution in [3.05, 3.63) is 18.2 Å². The molecule has 3 nitrogen and oxygen atoms in total. The molecule has 1 saturated heterocycles. The van der Waals surface area contributed by atoms with Gasteiger partial charge in [0.15, 0.2) is 0 Å². The van der Waals surface area contributed by atoms with Gasteiger partial charge in [0.2, 0.25) is 0 Å². The molecule has 1 N–H and O–H groups in total. The third-order valence-corrected chi connectivity index (χ3v) is 4.45. The Bertz CT molecular complexity index is 384. The number of benzene rings is 1. The van der Waals surface area contributed by atoms with Gasteiger partial charge in [0.1, 0.15) is 11.5 Å². The molecular formula is C13H19NO2S. The first kappa shape index (κ1) is 12.4. The smallest absolute Gasteiger partial charge is 0.142 e. The molecule has 0 amide bonds. The van der Waals surface area contributed by atoms with E-state index in [1.54, 1.807) is 14.2 Å². The second kappa shape index (κ2) is 5.54. The van der Waals surface area contributed by atoms with Crippen LogP contribution in [0.5, 0.6) is 11.5 Å². The second-order valence-corrected chi connectivity index (χ2v) is 5.67. The van der Waals surface area contributed by atoms with Gasteiger partial charge in [-0.1, -0.05) is 6.92 Å². The highest BCUT2D eigenvalue weighted by Gasteiger charge is 2.24. The minimum Gasteiger partial charge on any atom is -0.497 e. The lowest BCUT2D eigenvalue weighted by molar-refractivity contribution is 0.404. The van der Waals surface area contributed by atoms with Gasteiger partial charge in [-0.2, -0.15) is 11.8 Å². The highest BCUT2D eigenvalue weighted by atomic mass is 32.2. The monoisotopic (exact) mass is 253 g/mol. The number of methoxy groups -OCH3 is 2. The average Bonchev–Trinajstić information content (AvgIpc) is 2.75. The number of nitrogens with one attached hydrogen (secondary N) is 1. The van der Waals surface area contributed by atoms with Crippen LogP contribution in [0, 0.1) is 0 Å². The Kier molecular flexibility index (Phi) is 4.05. The fourth-order valence-electron chi connectivity index (χ4n) is 2.05. The number of thioether (sulfide) groups is 1. The maximum Gasteiger partial charge on any atom is 0.142 e. The van der Waals surface area contributed by atoms with Crippen LogP contribution in [0.4, 0.5) is 5.69 Å². The van der Waals surface area contributed by atoms with E-state index in [1.807, 2.05) is 30.0 Å². The predicted molar refractivity (Wildman–Crippen MR) is 73.5 cm³/mol. The molecule has 0 spiro atoms. The first-order valence-corrected chi connectivity index (χ1v) is 6.89. The van der Waals surface area contributed by atoms with Crippen LogP contribution in [-0.2, 0) is 0 Å². The van der Waals surface area contributed by atoms with Crippen LogP contribution in [0.15, 0.2) is 18.2 Å². The zero-order valence-electron chi connectivity index (χ0n) is 10.5. The van der Waals surface area contributed by atoms with Crippen LogP contribution < -0.4 is 14.8 Å². The zero-order chi connectivity index (χ0) is 12.3. The van der Waals surface area contributed by atoms with E-state index in [-0.39, 0.29) is 0 Å². The molecule has 1 aromatic carbocycles.